The molecule has 0 aromatic rings. The van der Waals surface area contributed by atoms with E-state index in [-0.39, 0.29) is 0 Å². The van der Waals surface area contributed by atoms with Crippen molar-refractivity contribution in [1.29, 1.82) is 0 Å². The maximum Gasteiger partial charge on any atom is 0.0811 e. The van der Waals surface area contributed by atoms with E-state index in [1.807, 2.05) is 0 Å². The van der Waals surface area contributed by atoms with Crippen molar-refractivity contribution in [3.8, 4) is 0 Å². The smallest absolute Gasteiger partial charge is 0.0811 e. The predicted molar refractivity (Wildman–Crippen MR) is 32.6 cm³/mol. The summed E-state index contributed by atoms with van der Waals surface area (Å²) in [6.07, 6.45) is 5.01. The Labute approximate surface area is 49.3 Å². The lowest BCUT2D eigenvalue weighted by Crippen LogP contribution is -1.80. The zero-order valence-corrected chi connectivity index (χ0v) is 4.97. The topological polar surface area (TPSA) is 29.4 Å². The van der Waals surface area contributed by atoms with Crippen LogP contribution in [-0.2, 0) is 0 Å². The van der Waals surface area contributed by atoms with Crippen molar-refractivity contribution < 1.29 is 0 Å². The van der Waals surface area contributed by atoms with Gasteiger partial charge in [-0.2, -0.15) is 4.91 Å². The van der Waals surface area contributed by atoms with Crippen LogP contribution in [0.3, 0.4) is 0 Å². The molecule has 1 fully saturated rings. The molecular formula is C6H11NO. The molecule has 1 aliphatic rings. The van der Waals surface area contributed by atoms with Crippen LogP contribution in [-0.4, -0.2) is 6.54 Å². The van der Waals surface area contributed by atoms with E-state index >= 15 is 0 Å². The first-order chi connectivity index (χ1) is 3.93. The molecule has 46 valence electrons. The summed E-state index contributed by atoms with van der Waals surface area (Å²) in [5.74, 6) is 0.955. The Morgan fingerprint density at radius 2 is 2.25 bits per heavy atom. The molecule has 0 unspecified atom stereocenters. The third kappa shape index (κ3) is 2.05. The Bertz CT molecular complexity index is 78.6. The molecule has 1 rings (SSSR count). The normalized spacial score (nSPS) is 18.5. The van der Waals surface area contributed by atoms with Crippen molar-refractivity contribution >= 4 is 0 Å². The molecule has 2 nitrogen and oxygen atoms in total. The molecule has 2 heteroatoms. The zero-order chi connectivity index (χ0) is 5.82. The molecule has 0 aliphatic heterocycles. The average molecular weight is 113 g/mol. The summed E-state index contributed by atoms with van der Waals surface area (Å²) in [5.41, 5.74) is 0. The maximum atomic E-state index is 9.56. The van der Waals surface area contributed by atoms with E-state index in [4.69, 9.17) is 0 Å². The first-order valence-corrected chi connectivity index (χ1v) is 3.22. The van der Waals surface area contributed by atoms with E-state index in [2.05, 4.69) is 5.18 Å². The summed E-state index contributed by atoms with van der Waals surface area (Å²) >= 11 is 0. The fourth-order valence-electron chi connectivity index (χ4n) is 0.851. The molecule has 0 radical (unpaired) electrons. The highest BCUT2D eigenvalue weighted by Crippen LogP contribution is 2.33. The number of hydrogen-bond donors (Lipinski definition) is 0. The molecule has 8 heavy (non-hydrogen) atoms. The van der Waals surface area contributed by atoms with Crippen LogP contribution in [0, 0.1) is 10.8 Å². The van der Waals surface area contributed by atoms with Crippen LogP contribution in [0.25, 0.3) is 0 Å². The summed E-state index contributed by atoms with van der Waals surface area (Å²) in [4.78, 5) is 9.56. The summed E-state index contributed by atoms with van der Waals surface area (Å²) in [6, 6.07) is 0. The lowest BCUT2D eigenvalue weighted by molar-refractivity contribution is 0.674. The molecular weight excluding hydrogens is 102 g/mol. The second-order valence-corrected chi connectivity index (χ2v) is 2.44. The van der Waals surface area contributed by atoms with Gasteiger partial charge in [0.2, 0.25) is 0 Å². The standard InChI is InChI=1S/C6H11NO/c8-7-5-1-2-6-3-4-6/h6H,1-5H2. The lowest BCUT2D eigenvalue weighted by Gasteiger charge is -1.87. The fraction of sp³-hybridized carbons (Fsp3) is 1.00. The zero-order valence-electron chi connectivity index (χ0n) is 4.97. The Balaban J connectivity index is 1.80. The molecule has 0 aromatic heterocycles. The van der Waals surface area contributed by atoms with E-state index in [0.717, 1.165) is 12.3 Å². The summed E-state index contributed by atoms with van der Waals surface area (Å²) in [7, 11) is 0. The Morgan fingerprint density at radius 1 is 1.50 bits per heavy atom. The fourth-order valence-corrected chi connectivity index (χ4v) is 0.851. The van der Waals surface area contributed by atoms with E-state index in [0.29, 0.717) is 6.54 Å². The van der Waals surface area contributed by atoms with Gasteiger partial charge in [0, 0.05) is 0 Å². The van der Waals surface area contributed by atoms with Crippen molar-refractivity contribution in [2.45, 2.75) is 25.7 Å². The molecule has 1 aliphatic carbocycles. The van der Waals surface area contributed by atoms with Crippen molar-refractivity contribution in [2.75, 3.05) is 6.54 Å². The van der Waals surface area contributed by atoms with Gasteiger partial charge in [0.1, 0.15) is 0 Å². The van der Waals surface area contributed by atoms with E-state index in [1.165, 1.54) is 19.3 Å². The van der Waals surface area contributed by atoms with E-state index in [9.17, 15) is 4.91 Å². The third-order valence-electron chi connectivity index (χ3n) is 1.56. The minimum atomic E-state index is 0.524. The van der Waals surface area contributed by atoms with Gasteiger partial charge in [-0.05, 0) is 18.8 Å². The van der Waals surface area contributed by atoms with Gasteiger partial charge in [-0.15, -0.1) is 0 Å². The van der Waals surface area contributed by atoms with Crippen LogP contribution in [0.5, 0.6) is 0 Å². The monoisotopic (exact) mass is 113 g/mol. The molecule has 0 aromatic carbocycles. The van der Waals surface area contributed by atoms with Gasteiger partial charge >= 0.3 is 0 Å². The highest BCUT2D eigenvalue weighted by atomic mass is 16.3. The van der Waals surface area contributed by atoms with E-state index in [1.54, 1.807) is 0 Å². The quantitative estimate of drug-likeness (QED) is 0.404. The van der Waals surface area contributed by atoms with E-state index < -0.39 is 0 Å². The highest BCUT2D eigenvalue weighted by Gasteiger charge is 2.19. The first kappa shape index (κ1) is 5.73. The molecule has 0 amide bonds. The van der Waals surface area contributed by atoms with Gasteiger partial charge in [-0.25, -0.2) is 0 Å². The second-order valence-electron chi connectivity index (χ2n) is 2.44. The van der Waals surface area contributed by atoms with Crippen molar-refractivity contribution in [3.63, 3.8) is 0 Å². The number of hydrogen-bond acceptors (Lipinski definition) is 2. The number of nitroso groups, excluding NO2 is 1. The van der Waals surface area contributed by atoms with Crippen LogP contribution in [0.1, 0.15) is 25.7 Å². The molecule has 0 spiro atoms. The van der Waals surface area contributed by atoms with Gasteiger partial charge in [-0.3, -0.25) is 0 Å². The van der Waals surface area contributed by atoms with Crippen LogP contribution < -0.4 is 0 Å². The molecule has 0 heterocycles. The SMILES string of the molecule is O=NCCCC1CC1. The third-order valence-corrected chi connectivity index (χ3v) is 1.56. The van der Waals surface area contributed by atoms with Crippen LogP contribution in [0.2, 0.25) is 0 Å². The second kappa shape index (κ2) is 2.80. The minimum absolute atomic E-state index is 0.524. The Hall–Kier alpha value is -0.400. The number of nitrogens with zero attached hydrogens (tertiary/aromatic N) is 1. The van der Waals surface area contributed by atoms with Gasteiger partial charge < -0.3 is 0 Å². The summed E-state index contributed by atoms with van der Waals surface area (Å²) in [5, 5.41) is 2.79. The molecule has 0 N–H and O–H groups in total. The average Bonchev–Trinajstić information content (AvgIpc) is 2.51. The van der Waals surface area contributed by atoms with Crippen molar-refractivity contribution in [2.24, 2.45) is 11.1 Å². The molecule has 0 saturated heterocycles. The molecule has 0 bridgehead atoms. The predicted octanol–water partition coefficient (Wildman–Crippen LogP) is 1.94. The van der Waals surface area contributed by atoms with Crippen LogP contribution >= 0.6 is 0 Å². The first-order valence-electron chi connectivity index (χ1n) is 3.22. The van der Waals surface area contributed by atoms with Gasteiger partial charge in [-0.1, -0.05) is 18.0 Å². The van der Waals surface area contributed by atoms with Crippen LogP contribution in [0.15, 0.2) is 5.18 Å². The molecule has 1 saturated carbocycles. The number of rotatable bonds is 4. The largest absolute Gasteiger partial charge is 0.151 e. The summed E-state index contributed by atoms with van der Waals surface area (Å²) in [6.45, 7) is 0.524. The van der Waals surface area contributed by atoms with Crippen LogP contribution in [0.4, 0.5) is 0 Å². The lowest BCUT2D eigenvalue weighted by atomic mass is 10.2. The highest BCUT2D eigenvalue weighted by molar-refractivity contribution is 4.72. The van der Waals surface area contributed by atoms with Crippen molar-refractivity contribution in [1.82, 2.24) is 0 Å². The maximum absolute atomic E-state index is 9.56. The van der Waals surface area contributed by atoms with Gasteiger partial charge in [0.25, 0.3) is 0 Å². The molecule has 0 atom stereocenters. The minimum Gasteiger partial charge on any atom is -0.151 e. The van der Waals surface area contributed by atoms with Gasteiger partial charge in [0.15, 0.2) is 0 Å². The van der Waals surface area contributed by atoms with Crippen molar-refractivity contribution in [3.05, 3.63) is 4.91 Å². The summed E-state index contributed by atoms with van der Waals surface area (Å²) < 4.78 is 0. The Morgan fingerprint density at radius 3 is 2.75 bits per heavy atom. The van der Waals surface area contributed by atoms with Gasteiger partial charge in [0.05, 0.1) is 6.54 Å². The Kier molecular flexibility index (Phi) is 2.00.